The zero-order chi connectivity index (χ0) is 27.7. The van der Waals surface area contributed by atoms with Gasteiger partial charge in [-0.15, -0.1) is 0 Å². The van der Waals surface area contributed by atoms with Crippen LogP contribution < -0.4 is 4.90 Å². The smallest absolute Gasteiger partial charge is 0.271 e. The molecule has 1 aliphatic carbocycles. The number of nitro benzene ring substituents is 1. The highest BCUT2D eigenvalue weighted by molar-refractivity contribution is 6.22. The van der Waals surface area contributed by atoms with Crippen LogP contribution in [0.3, 0.4) is 0 Å². The first-order chi connectivity index (χ1) is 18.8. The maximum atomic E-state index is 13.7. The first kappa shape index (κ1) is 26.8. The van der Waals surface area contributed by atoms with Gasteiger partial charge in [0.15, 0.2) is 0 Å². The number of phenols is 1. The molecule has 0 spiro atoms. The number of para-hydroxylation sites is 1. The number of rotatable bonds is 9. The van der Waals surface area contributed by atoms with Crippen LogP contribution in [0.15, 0.2) is 65.3 Å². The van der Waals surface area contributed by atoms with Gasteiger partial charge in [0.1, 0.15) is 5.75 Å². The lowest BCUT2D eigenvalue weighted by molar-refractivity contribution is -0.384. The third-order valence-corrected chi connectivity index (χ3v) is 8.10. The Labute approximate surface area is 226 Å². The maximum absolute atomic E-state index is 13.7. The fourth-order valence-corrected chi connectivity index (χ4v) is 6.28. The number of methoxy groups -OCH3 is 1. The van der Waals surface area contributed by atoms with E-state index in [1.54, 1.807) is 25.3 Å². The number of ether oxygens (including phenoxy) is 2. The van der Waals surface area contributed by atoms with Crippen LogP contribution in [0.1, 0.15) is 38.2 Å². The van der Waals surface area contributed by atoms with Gasteiger partial charge in [0.05, 0.1) is 41.8 Å². The van der Waals surface area contributed by atoms with Gasteiger partial charge >= 0.3 is 0 Å². The van der Waals surface area contributed by atoms with Crippen LogP contribution >= 0.6 is 0 Å². The van der Waals surface area contributed by atoms with Crippen LogP contribution in [0.25, 0.3) is 6.08 Å². The molecule has 9 nitrogen and oxygen atoms in total. The minimum absolute atomic E-state index is 0.172. The van der Waals surface area contributed by atoms with E-state index < -0.39 is 16.8 Å². The molecule has 0 unspecified atom stereocenters. The lowest BCUT2D eigenvalue weighted by Gasteiger charge is -2.31. The van der Waals surface area contributed by atoms with Crippen LogP contribution in [-0.2, 0) is 19.1 Å². The largest absolute Gasteiger partial charge is 0.507 e. The number of anilines is 1. The minimum atomic E-state index is -0.570. The van der Waals surface area contributed by atoms with Crippen LogP contribution in [0, 0.1) is 27.9 Å². The summed E-state index contributed by atoms with van der Waals surface area (Å²) in [6.07, 6.45) is 4.50. The number of benzene rings is 2. The Hall–Kier alpha value is -3.82. The van der Waals surface area contributed by atoms with Crippen molar-refractivity contribution in [3.63, 3.8) is 0 Å². The maximum Gasteiger partial charge on any atom is 0.271 e. The molecule has 2 aliphatic heterocycles. The predicted octanol–water partition coefficient (Wildman–Crippen LogP) is 5.04. The number of hydrogen-bond donors (Lipinski definition) is 1. The summed E-state index contributed by atoms with van der Waals surface area (Å²) in [5.74, 6) is -1.79. The number of aromatic hydroxyl groups is 1. The molecule has 2 saturated heterocycles. The third-order valence-electron chi connectivity index (χ3n) is 8.10. The SMILES string of the molecule is CC/C(=C\c1ccccc1O)CC[C@H]1OC[C@H]2C1=C(COC)C[C@H]1C(=O)N(c3cccc([N+](=O)[O-])c3)C(=O)[C@H]12. The Balaban J connectivity index is 1.40. The number of hydrogen-bond acceptors (Lipinski definition) is 7. The van der Waals surface area contributed by atoms with Crippen LogP contribution in [0.4, 0.5) is 11.4 Å². The van der Waals surface area contributed by atoms with Gasteiger partial charge in [-0.3, -0.25) is 19.7 Å². The van der Waals surface area contributed by atoms with Gasteiger partial charge in [0.2, 0.25) is 11.8 Å². The molecule has 4 atom stereocenters. The van der Waals surface area contributed by atoms with Crippen LogP contribution in [-0.4, -0.2) is 48.3 Å². The molecule has 9 heteroatoms. The highest BCUT2D eigenvalue weighted by atomic mass is 16.6. The van der Waals surface area contributed by atoms with E-state index in [-0.39, 0.29) is 41.0 Å². The molecule has 2 aromatic carbocycles. The van der Waals surface area contributed by atoms with Crippen LogP contribution in [0.2, 0.25) is 0 Å². The normalized spacial score (nSPS) is 24.8. The first-order valence-electron chi connectivity index (χ1n) is 13.3. The van der Waals surface area contributed by atoms with E-state index in [1.165, 1.54) is 23.8 Å². The van der Waals surface area contributed by atoms with E-state index in [1.807, 2.05) is 18.2 Å². The van der Waals surface area contributed by atoms with Crippen molar-refractivity contribution in [3.8, 4) is 5.75 Å². The molecule has 39 heavy (non-hydrogen) atoms. The molecule has 2 aromatic rings. The van der Waals surface area contributed by atoms with Gasteiger partial charge in [-0.2, -0.15) is 0 Å². The fraction of sp³-hybridized carbons (Fsp3) is 0.400. The van der Waals surface area contributed by atoms with Crippen molar-refractivity contribution in [1.82, 2.24) is 0 Å². The monoisotopic (exact) mass is 532 g/mol. The average Bonchev–Trinajstić information content (AvgIpc) is 3.46. The Morgan fingerprint density at radius 2 is 1.97 bits per heavy atom. The molecule has 204 valence electrons. The van der Waals surface area contributed by atoms with Gasteiger partial charge in [0, 0.05) is 30.7 Å². The minimum Gasteiger partial charge on any atom is -0.507 e. The quantitative estimate of drug-likeness (QED) is 0.208. The fourth-order valence-electron chi connectivity index (χ4n) is 6.28. The summed E-state index contributed by atoms with van der Waals surface area (Å²) >= 11 is 0. The van der Waals surface area contributed by atoms with Crippen molar-refractivity contribution < 1.29 is 29.1 Å². The van der Waals surface area contributed by atoms with E-state index in [4.69, 9.17) is 9.47 Å². The molecule has 0 saturated carbocycles. The second kappa shape index (κ2) is 11.1. The zero-order valence-electron chi connectivity index (χ0n) is 22.0. The summed E-state index contributed by atoms with van der Waals surface area (Å²) < 4.78 is 11.8. The molecule has 0 bridgehead atoms. The summed E-state index contributed by atoms with van der Waals surface area (Å²) in [7, 11) is 1.61. The van der Waals surface area contributed by atoms with Crippen molar-refractivity contribution in [3.05, 3.63) is 80.9 Å². The summed E-state index contributed by atoms with van der Waals surface area (Å²) in [4.78, 5) is 39.1. The number of amides is 2. The van der Waals surface area contributed by atoms with Crippen molar-refractivity contribution >= 4 is 29.3 Å². The second-order valence-electron chi connectivity index (χ2n) is 10.3. The number of phenolic OH excluding ortho intramolecular Hbond substituents is 1. The van der Waals surface area contributed by atoms with E-state index in [9.17, 15) is 24.8 Å². The number of carbonyl (C=O) groups is 2. The van der Waals surface area contributed by atoms with Gasteiger partial charge in [-0.05, 0) is 49.0 Å². The number of imide groups is 1. The molecule has 0 radical (unpaired) electrons. The molecule has 2 fully saturated rings. The molecular formula is C30H32N2O7. The third kappa shape index (κ3) is 4.99. The van der Waals surface area contributed by atoms with Gasteiger partial charge < -0.3 is 14.6 Å². The Morgan fingerprint density at radius 1 is 1.18 bits per heavy atom. The highest BCUT2D eigenvalue weighted by Gasteiger charge is 2.57. The number of nitro groups is 1. The number of carbonyl (C=O) groups excluding carboxylic acids is 2. The topological polar surface area (TPSA) is 119 Å². The molecule has 5 rings (SSSR count). The van der Waals surface area contributed by atoms with Gasteiger partial charge in [0.25, 0.3) is 5.69 Å². The average molecular weight is 533 g/mol. The zero-order valence-corrected chi connectivity index (χ0v) is 22.0. The van der Waals surface area contributed by atoms with Crippen molar-refractivity contribution in [1.29, 1.82) is 0 Å². The predicted molar refractivity (Wildman–Crippen MR) is 145 cm³/mol. The van der Waals surface area contributed by atoms with Crippen molar-refractivity contribution in [2.45, 2.75) is 38.7 Å². The molecule has 1 N–H and O–H groups in total. The van der Waals surface area contributed by atoms with E-state index in [0.29, 0.717) is 26.1 Å². The van der Waals surface area contributed by atoms with E-state index in [2.05, 4.69) is 6.92 Å². The summed E-state index contributed by atoms with van der Waals surface area (Å²) in [5.41, 5.74) is 4.05. The number of fused-ring (bicyclic) bond motifs is 3. The van der Waals surface area contributed by atoms with Crippen molar-refractivity contribution in [2.24, 2.45) is 17.8 Å². The molecule has 0 aromatic heterocycles. The standard InChI is InChI=1S/C30H32N2O7/c1-3-18(13-19-7-4-5-10-25(19)33)11-12-26-27-20(16-38-2)14-23-28(24(27)17-39-26)30(35)31(29(23)34)21-8-6-9-22(15-21)32(36)37/h4-10,13,15,23-24,26,28,33H,3,11-12,14,16-17H2,1-2H3/b18-13+/t23-,24+,26-,28-/m1/s1. The molecule has 3 aliphatic rings. The van der Waals surface area contributed by atoms with E-state index in [0.717, 1.165) is 34.5 Å². The summed E-state index contributed by atoms with van der Waals surface area (Å²) in [6, 6.07) is 12.9. The Bertz CT molecular complexity index is 1360. The lowest BCUT2D eigenvalue weighted by Crippen LogP contribution is -2.35. The number of allylic oxidation sites excluding steroid dienone is 1. The van der Waals surface area contributed by atoms with Crippen molar-refractivity contribution in [2.75, 3.05) is 25.2 Å². The summed E-state index contributed by atoms with van der Waals surface area (Å²) in [6.45, 7) is 2.76. The van der Waals surface area contributed by atoms with Gasteiger partial charge in [-0.25, -0.2) is 4.90 Å². The first-order valence-corrected chi connectivity index (χ1v) is 13.3. The lowest BCUT2D eigenvalue weighted by atomic mass is 9.69. The molecular weight excluding hydrogens is 500 g/mol. The second-order valence-corrected chi connectivity index (χ2v) is 10.3. The summed E-state index contributed by atoms with van der Waals surface area (Å²) in [5, 5.41) is 21.5. The van der Waals surface area contributed by atoms with Crippen LogP contribution in [0.5, 0.6) is 5.75 Å². The number of non-ortho nitro benzene ring substituents is 1. The molecule has 2 amide bonds. The van der Waals surface area contributed by atoms with Gasteiger partial charge in [-0.1, -0.05) is 42.8 Å². The Morgan fingerprint density at radius 3 is 2.69 bits per heavy atom. The highest BCUT2D eigenvalue weighted by Crippen LogP contribution is 2.50. The van der Waals surface area contributed by atoms with E-state index >= 15 is 0 Å². The molecule has 2 heterocycles. The number of nitrogens with zero attached hydrogens (tertiary/aromatic N) is 2. The Kier molecular flexibility index (Phi) is 7.63.